The number of rotatable bonds is 8. The Labute approximate surface area is 230 Å². The number of para-hydroxylation sites is 1. The molecular formula is C32H23ClN2O4. The Bertz CT molecular complexity index is 1650. The molecule has 0 aliphatic carbocycles. The van der Waals surface area contributed by atoms with Gasteiger partial charge in [0, 0.05) is 10.6 Å². The summed E-state index contributed by atoms with van der Waals surface area (Å²) in [6.45, 7) is 0.275. The molecule has 0 saturated heterocycles. The average molecular weight is 535 g/mol. The second-order valence-electron chi connectivity index (χ2n) is 8.56. The third-order valence-electron chi connectivity index (χ3n) is 5.94. The van der Waals surface area contributed by atoms with Crippen LogP contribution >= 0.6 is 11.6 Å². The van der Waals surface area contributed by atoms with Gasteiger partial charge in [-0.15, -0.1) is 0 Å². The standard InChI is InChI=1S/C32H23ClN2O4/c33-25-17-14-22(15-18-25)21-38-29-13-7-6-12-27(29)31(36)35-34-20-28-26-11-5-4-8-23(26)16-19-30(28)39-32(37)24-9-2-1-3-10-24/h1-20H,21H2,(H,35,36)/b34-20-. The summed E-state index contributed by atoms with van der Waals surface area (Å²) in [5.74, 6) is -0.188. The van der Waals surface area contributed by atoms with Gasteiger partial charge in [0.2, 0.25) is 0 Å². The van der Waals surface area contributed by atoms with Gasteiger partial charge in [0.1, 0.15) is 18.1 Å². The number of carbonyl (C=O) groups is 2. The number of halogens is 1. The molecule has 0 unspecified atom stereocenters. The van der Waals surface area contributed by atoms with Gasteiger partial charge in [-0.25, -0.2) is 10.2 Å². The molecule has 0 heterocycles. The summed E-state index contributed by atoms with van der Waals surface area (Å²) in [7, 11) is 0. The lowest BCUT2D eigenvalue weighted by atomic mass is 10.0. The van der Waals surface area contributed by atoms with E-state index in [1.807, 2.05) is 48.5 Å². The highest BCUT2D eigenvalue weighted by Crippen LogP contribution is 2.27. The van der Waals surface area contributed by atoms with Crippen LogP contribution < -0.4 is 14.9 Å². The summed E-state index contributed by atoms with van der Waals surface area (Å²) in [6.07, 6.45) is 1.48. The number of amides is 1. The Morgan fingerprint density at radius 3 is 2.31 bits per heavy atom. The minimum atomic E-state index is -0.490. The molecule has 5 aromatic rings. The highest BCUT2D eigenvalue weighted by molar-refractivity contribution is 6.30. The third-order valence-corrected chi connectivity index (χ3v) is 6.19. The van der Waals surface area contributed by atoms with Crippen molar-refractivity contribution in [3.05, 3.63) is 143 Å². The van der Waals surface area contributed by atoms with Gasteiger partial charge >= 0.3 is 5.97 Å². The fourth-order valence-corrected chi connectivity index (χ4v) is 4.09. The number of hydrogen-bond donors (Lipinski definition) is 1. The van der Waals surface area contributed by atoms with E-state index in [4.69, 9.17) is 21.1 Å². The number of benzene rings is 5. The molecule has 6 nitrogen and oxygen atoms in total. The average Bonchev–Trinajstić information content (AvgIpc) is 2.98. The minimum Gasteiger partial charge on any atom is -0.488 e. The van der Waals surface area contributed by atoms with E-state index in [2.05, 4.69) is 10.5 Å². The molecule has 39 heavy (non-hydrogen) atoms. The van der Waals surface area contributed by atoms with Crippen molar-refractivity contribution in [3.8, 4) is 11.5 Å². The maximum Gasteiger partial charge on any atom is 0.343 e. The van der Waals surface area contributed by atoms with Gasteiger partial charge in [-0.1, -0.05) is 84.4 Å². The molecule has 0 spiro atoms. The van der Waals surface area contributed by atoms with E-state index >= 15 is 0 Å². The topological polar surface area (TPSA) is 77.0 Å². The van der Waals surface area contributed by atoms with Gasteiger partial charge in [0.05, 0.1) is 17.3 Å². The predicted molar refractivity (Wildman–Crippen MR) is 153 cm³/mol. The van der Waals surface area contributed by atoms with Crippen LogP contribution in [0.15, 0.2) is 120 Å². The van der Waals surface area contributed by atoms with Crippen LogP contribution in [0.2, 0.25) is 5.02 Å². The van der Waals surface area contributed by atoms with E-state index in [1.165, 1.54) is 6.21 Å². The summed E-state index contributed by atoms with van der Waals surface area (Å²) in [6, 6.07) is 34.2. The minimum absolute atomic E-state index is 0.275. The largest absolute Gasteiger partial charge is 0.488 e. The number of carbonyl (C=O) groups excluding carboxylic acids is 2. The second kappa shape index (κ2) is 12.1. The Morgan fingerprint density at radius 2 is 1.49 bits per heavy atom. The molecule has 0 aliphatic heterocycles. The van der Waals surface area contributed by atoms with Crippen LogP contribution in [-0.4, -0.2) is 18.1 Å². The zero-order chi connectivity index (χ0) is 27.0. The Morgan fingerprint density at radius 1 is 0.769 bits per heavy atom. The fraction of sp³-hybridized carbons (Fsp3) is 0.0312. The van der Waals surface area contributed by atoms with E-state index in [0.717, 1.165) is 16.3 Å². The van der Waals surface area contributed by atoms with Crippen LogP contribution in [0.4, 0.5) is 0 Å². The van der Waals surface area contributed by atoms with E-state index in [9.17, 15) is 9.59 Å². The van der Waals surface area contributed by atoms with E-state index in [1.54, 1.807) is 66.7 Å². The number of esters is 1. The Kier molecular flexibility index (Phi) is 7.95. The number of ether oxygens (including phenoxy) is 2. The molecule has 192 valence electrons. The number of nitrogens with zero attached hydrogens (tertiary/aromatic N) is 1. The molecule has 1 amide bonds. The first-order chi connectivity index (χ1) is 19.1. The van der Waals surface area contributed by atoms with Gasteiger partial charge in [0.15, 0.2) is 0 Å². The van der Waals surface area contributed by atoms with Crippen molar-refractivity contribution in [3.63, 3.8) is 0 Å². The van der Waals surface area contributed by atoms with Crippen molar-refractivity contribution < 1.29 is 19.1 Å². The summed E-state index contributed by atoms with van der Waals surface area (Å²) in [5.41, 5.74) is 4.80. The summed E-state index contributed by atoms with van der Waals surface area (Å²) in [4.78, 5) is 25.7. The van der Waals surface area contributed by atoms with Crippen molar-refractivity contribution in [2.45, 2.75) is 6.61 Å². The Hall–Kier alpha value is -4.94. The normalized spacial score (nSPS) is 10.9. The van der Waals surface area contributed by atoms with Crippen LogP contribution in [0.5, 0.6) is 11.5 Å². The van der Waals surface area contributed by atoms with Crippen molar-refractivity contribution in [2.24, 2.45) is 5.10 Å². The molecule has 0 atom stereocenters. The number of hydrazone groups is 1. The predicted octanol–water partition coefficient (Wildman–Crippen LogP) is 7.06. The van der Waals surface area contributed by atoms with Gasteiger partial charge < -0.3 is 9.47 Å². The van der Waals surface area contributed by atoms with Crippen LogP contribution in [-0.2, 0) is 6.61 Å². The highest BCUT2D eigenvalue weighted by atomic mass is 35.5. The van der Waals surface area contributed by atoms with Crippen molar-refractivity contribution in [2.75, 3.05) is 0 Å². The molecule has 0 bridgehead atoms. The van der Waals surface area contributed by atoms with Crippen LogP contribution in [0.25, 0.3) is 10.8 Å². The first kappa shape index (κ1) is 25.7. The van der Waals surface area contributed by atoms with Crippen molar-refractivity contribution in [1.29, 1.82) is 0 Å². The lowest BCUT2D eigenvalue weighted by Gasteiger charge is -2.11. The summed E-state index contributed by atoms with van der Waals surface area (Å²) in [5, 5.41) is 6.59. The fourth-order valence-electron chi connectivity index (χ4n) is 3.97. The molecule has 0 radical (unpaired) electrons. The number of fused-ring (bicyclic) bond motifs is 1. The second-order valence-corrected chi connectivity index (χ2v) is 9.00. The smallest absolute Gasteiger partial charge is 0.343 e. The Balaban J connectivity index is 1.35. The van der Waals surface area contributed by atoms with Gasteiger partial charge in [-0.05, 0) is 58.8 Å². The van der Waals surface area contributed by atoms with Gasteiger partial charge in [0.25, 0.3) is 5.91 Å². The van der Waals surface area contributed by atoms with E-state index in [-0.39, 0.29) is 6.61 Å². The first-order valence-electron chi connectivity index (χ1n) is 12.2. The van der Waals surface area contributed by atoms with Crippen molar-refractivity contribution >= 4 is 40.5 Å². The molecule has 0 saturated carbocycles. The monoisotopic (exact) mass is 534 g/mol. The molecule has 0 fully saturated rings. The van der Waals surface area contributed by atoms with Crippen LogP contribution in [0, 0.1) is 0 Å². The molecule has 0 aromatic heterocycles. The lowest BCUT2D eigenvalue weighted by molar-refractivity contribution is 0.0734. The van der Waals surface area contributed by atoms with E-state index in [0.29, 0.717) is 33.2 Å². The molecule has 1 N–H and O–H groups in total. The molecule has 7 heteroatoms. The molecular weight excluding hydrogens is 512 g/mol. The molecule has 0 aliphatic rings. The molecule has 5 aromatic carbocycles. The van der Waals surface area contributed by atoms with Crippen LogP contribution in [0.3, 0.4) is 0 Å². The number of hydrogen-bond acceptors (Lipinski definition) is 5. The maximum absolute atomic E-state index is 13.0. The lowest BCUT2D eigenvalue weighted by Crippen LogP contribution is -2.19. The highest BCUT2D eigenvalue weighted by Gasteiger charge is 2.15. The quantitative estimate of drug-likeness (QED) is 0.100. The van der Waals surface area contributed by atoms with Gasteiger partial charge in [-0.3, -0.25) is 4.79 Å². The van der Waals surface area contributed by atoms with Crippen molar-refractivity contribution in [1.82, 2.24) is 5.43 Å². The zero-order valence-corrected chi connectivity index (χ0v) is 21.5. The number of nitrogens with one attached hydrogen (secondary N) is 1. The van der Waals surface area contributed by atoms with E-state index < -0.39 is 11.9 Å². The van der Waals surface area contributed by atoms with Gasteiger partial charge in [-0.2, -0.15) is 5.10 Å². The van der Waals surface area contributed by atoms with Crippen LogP contribution in [0.1, 0.15) is 31.8 Å². The SMILES string of the molecule is O=C(Oc1ccc2ccccc2c1/C=N\NC(=O)c1ccccc1OCc1ccc(Cl)cc1)c1ccccc1. The third kappa shape index (κ3) is 6.32. The summed E-state index contributed by atoms with van der Waals surface area (Å²) < 4.78 is 11.6. The molecule has 5 rings (SSSR count). The first-order valence-corrected chi connectivity index (χ1v) is 12.5. The maximum atomic E-state index is 13.0. The summed E-state index contributed by atoms with van der Waals surface area (Å²) >= 11 is 5.95. The zero-order valence-electron chi connectivity index (χ0n) is 20.7.